The fourth-order valence-corrected chi connectivity index (χ4v) is 3.30. The largest absolute Gasteiger partial charge is 0.323 e. The summed E-state index contributed by atoms with van der Waals surface area (Å²) in [6.07, 6.45) is 7.32. The molecule has 0 spiro atoms. The van der Waals surface area contributed by atoms with Crippen LogP contribution in [0.15, 0.2) is 18.2 Å². The monoisotopic (exact) mass is 273 g/mol. The van der Waals surface area contributed by atoms with Gasteiger partial charge < -0.3 is 9.88 Å². The maximum Gasteiger partial charge on any atom is 0.127 e. The number of imidazole rings is 1. The van der Waals surface area contributed by atoms with Gasteiger partial charge in [-0.2, -0.15) is 0 Å². The van der Waals surface area contributed by atoms with Crippen LogP contribution in [0.25, 0.3) is 11.0 Å². The van der Waals surface area contributed by atoms with Gasteiger partial charge in [-0.3, -0.25) is 0 Å². The number of nitrogens with zero attached hydrogens (tertiary/aromatic N) is 2. The minimum absolute atomic E-state index is 0.167. The van der Waals surface area contributed by atoms with Crippen LogP contribution in [0.4, 0.5) is 4.39 Å². The summed E-state index contributed by atoms with van der Waals surface area (Å²) in [6, 6.07) is 5.82. The Labute approximate surface area is 118 Å². The van der Waals surface area contributed by atoms with Crippen molar-refractivity contribution in [3.63, 3.8) is 0 Å². The summed E-state index contributed by atoms with van der Waals surface area (Å²) >= 11 is 0. The van der Waals surface area contributed by atoms with E-state index in [1.807, 2.05) is 6.07 Å². The molecule has 1 aliphatic heterocycles. The van der Waals surface area contributed by atoms with Gasteiger partial charge in [0.25, 0.3) is 0 Å². The first kappa shape index (κ1) is 12.3. The molecular formula is C16H20FN3. The standard InChI is InChI=1S/C16H20FN3/c17-11-5-8-13-15(10-11)20(12-6-7-12)16(19-13)14-4-2-1-3-9-18-14/h5,8,10,12,14,18H,1-4,6-7,9H2. The molecule has 0 radical (unpaired) electrons. The lowest BCUT2D eigenvalue weighted by atomic mass is 10.1. The van der Waals surface area contributed by atoms with E-state index in [2.05, 4.69) is 9.88 Å². The van der Waals surface area contributed by atoms with Crippen LogP contribution in [-0.2, 0) is 0 Å². The lowest BCUT2D eigenvalue weighted by molar-refractivity contribution is 0.484. The zero-order valence-electron chi connectivity index (χ0n) is 11.6. The highest BCUT2D eigenvalue weighted by atomic mass is 19.1. The molecule has 0 amide bonds. The van der Waals surface area contributed by atoms with Crippen LogP contribution in [0.5, 0.6) is 0 Å². The maximum absolute atomic E-state index is 13.6. The van der Waals surface area contributed by atoms with Crippen molar-refractivity contribution < 1.29 is 4.39 Å². The fraction of sp³-hybridized carbons (Fsp3) is 0.562. The van der Waals surface area contributed by atoms with Gasteiger partial charge in [0.05, 0.1) is 17.1 Å². The molecule has 1 unspecified atom stereocenters. The van der Waals surface area contributed by atoms with Crippen LogP contribution in [0.1, 0.15) is 56.4 Å². The smallest absolute Gasteiger partial charge is 0.127 e. The Morgan fingerprint density at radius 1 is 1.15 bits per heavy atom. The normalized spacial score (nSPS) is 23.9. The molecule has 1 saturated carbocycles. The third-order valence-electron chi connectivity index (χ3n) is 4.46. The molecule has 1 saturated heterocycles. The summed E-state index contributed by atoms with van der Waals surface area (Å²) in [5, 5.41) is 3.62. The highest BCUT2D eigenvalue weighted by Gasteiger charge is 2.31. The predicted octanol–water partition coefficient (Wildman–Crippen LogP) is 3.72. The molecule has 106 valence electrons. The van der Waals surface area contributed by atoms with Crippen LogP contribution in [0, 0.1) is 5.82 Å². The molecule has 2 fully saturated rings. The molecular weight excluding hydrogens is 253 g/mol. The van der Waals surface area contributed by atoms with Crippen molar-refractivity contribution in [3.05, 3.63) is 29.8 Å². The van der Waals surface area contributed by atoms with E-state index < -0.39 is 0 Å². The number of hydrogen-bond acceptors (Lipinski definition) is 2. The zero-order chi connectivity index (χ0) is 13.5. The SMILES string of the molecule is Fc1ccc2nc(C3CCCCCN3)n(C3CC3)c2c1. The summed E-state index contributed by atoms with van der Waals surface area (Å²) < 4.78 is 15.9. The molecule has 2 heterocycles. The Morgan fingerprint density at radius 2 is 2.05 bits per heavy atom. The van der Waals surface area contributed by atoms with Crippen molar-refractivity contribution in [2.24, 2.45) is 0 Å². The van der Waals surface area contributed by atoms with Crippen molar-refractivity contribution in [1.82, 2.24) is 14.9 Å². The number of rotatable bonds is 2. The molecule has 2 aromatic rings. The molecule has 2 aliphatic rings. The van der Waals surface area contributed by atoms with E-state index in [0.717, 1.165) is 29.8 Å². The average Bonchev–Trinajstić information content (AvgIpc) is 3.24. The van der Waals surface area contributed by atoms with E-state index in [4.69, 9.17) is 4.98 Å². The van der Waals surface area contributed by atoms with E-state index in [1.54, 1.807) is 6.07 Å². The van der Waals surface area contributed by atoms with Crippen LogP contribution in [-0.4, -0.2) is 16.1 Å². The van der Waals surface area contributed by atoms with Gasteiger partial charge in [-0.15, -0.1) is 0 Å². The van der Waals surface area contributed by atoms with Crippen LogP contribution in [0.3, 0.4) is 0 Å². The van der Waals surface area contributed by atoms with Crippen molar-refractivity contribution in [3.8, 4) is 0 Å². The molecule has 1 aromatic carbocycles. The summed E-state index contributed by atoms with van der Waals surface area (Å²) in [5.74, 6) is 0.953. The van der Waals surface area contributed by atoms with Gasteiger partial charge in [0.1, 0.15) is 11.6 Å². The lowest BCUT2D eigenvalue weighted by Gasteiger charge is -2.17. The first-order chi connectivity index (χ1) is 9.83. The van der Waals surface area contributed by atoms with E-state index >= 15 is 0 Å². The summed E-state index contributed by atoms with van der Waals surface area (Å²) in [6.45, 7) is 1.06. The molecule has 4 rings (SSSR count). The maximum atomic E-state index is 13.6. The van der Waals surface area contributed by atoms with Crippen molar-refractivity contribution in [1.29, 1.82) is 0 Å². The predicted molar refractivity (Wildman–Crippen MR) is 77.2 cm³/mol. The lowest BCUT2D eigenvalue weighted by Crippen LogP contribution is -2.23. The second-order valence-corrected chi connectivity index (χ2v) is 6.06. The number of nitrogens with one attached hydrogen (secondary N) is 1. The first-order valence-corrected chi connectivity index (χ1v) is 7.74. The van der Waals surface area contributed by atoms with Crippen molar-refractivity contribution in [2.45, 2.75) is 50.6 Å². The Kier molecular flexibility index (Phi) is 2.99. The first-order valence-electron chi connectivity index (χ1n) is 7.74. The van der Waals surface area contributed by atoms with E-state index in [0.29, 0.717) is 12.1 Å². The van der Waals surface area contributed by atoms with Gasteiger partial charge in [0.2, 0.25) is 0 Å². The minimum atomic E-state index is -0.167. The van der Waals surface area contributed by atoms with Gasteiger partial charge in [0, 0.05) is 6.04 Å². The topological polar surface area (TPSA) is 29.9 Å². The van der Waals surface area contributed by atoms with Gasteiger partial charge in [-0.1, -0.05) is 12.8 Å². The zero-order valence-corrected chi connectivity index (χ0v) is 11.6. The molecule has 0 bridgehead atoms. The number of hydrogen-bond donors (Lipinski definition) is 1. The molecule has 3 nitrogen and oxygen atoms in total. The molecule has 1 atom stereocenters. The molecule has 1 aliphatic carbocycles. The Hall–Kier alpha value is -1.42. The number of fused-ring (bicyclic) bond motifs is 1. The third kappa shape index (κ3) is 2.12. The van der Waals surface area contributed by atoms with Crippen molar-refractivity contribution in [2.75, 3.05) is 6.54 Å². The average molecular weight is 273 g/mol. The quantitative estimate of drug-likeness (QED) is 0.904. The van der Waals surface area contributed by atoms with Gasteiger partial charge in [0.15, 0.2) is 0 Å². The fourth-order valence-electron chi connectivity index (χ4n) is 3.30. The van der Waals surface area contributed by atoms with Gasteiger partial charge >= 0.3 is 0 Å². The summed E-state index contributed by atoms with van der Waals surface area (Å²) in [4.78, 5) is 4.81. The van der Waals surface area contributed by atoms with Crippen molar-refractivity contribution >= 4 is 11.0 Å². The second kappa shape index (κ2) is 4.85. The molecule has 4 heteroatoms. The third-order valence-corrected chi connectivity index (χ3v) is 4.46. The Morgan fingerprint density at radius 3 is 2.90 bits per heavy atom. The van der Waals surface area contributed by atoms with Crippen LogP contribution < -0.4 is 5.32 Å². The van der Waals surface area contributed by atoms with E-state index in [1.165, 1.54) is 38.2 Å². The molecule has 1 aromatic heterocycles. The second-order valence-electron chi connectivity index (χ2n) is 6.06. The highest BCUT2D eigenvalue weighted by molar-refractivity contribution is 5.76. The Balaban J connectivity index is 1.82. The van der Waals surface area contributed by atoms with E-state index in [-0.39, 0.29) is 5.82 Å². The van der Waals surface area contributed by atoms with Gasteiger partial charge in [-0.25, -0.2) is 9.37 Å². The highest BCUT2D eigenvalue weighted by Crippen LogP contribution is 2.40. The minimum Gasteiger partial charge on any atom is -0.323 e. The van der Waals surface area contributed by atoms with Gasteiger partial charge in [-0.05, 0) is 50.4 Å². The summed E-state index contributed by atoms with van der Waals surface area (Å²) in [5.41, 5.74) is 1.90. The molecule has 20 heavy (non-hydrogen) atoms. The number of benzene rings is 1. The van der Waals surface area contributed by atoms with E-state index in [9.17, 15) is 4.39 Å². The van der Waals surface area contributed by atoms with Crippen LogP contribution in [0.2, 0.25) is 0 Å². The number of halogens is 1. The Bertz CT molecular complexity index is 622. The molecule has 1 N–H and O–H groups in total. The summed E-state index contributed by atoms with van der Waals surface area (Å²) in [7, 11) is 0. The van der Waals surface area contributed by atoms with Crippen LogP contribution >= 0.6 is 0 Å². The number of aromatic nitrogens is 2.